The van der Waals surface area contributed by atoms with Crippen LogP contribution in [-0.2, 0) is 0 Å². The van der Waals surface area contributed by atoms with Crippen LogP contribution in [0.1, 0.15) is 21.6 Å². The van der Waals surface area contributed by atoms with Gasteiger partial charge in [0, 0.05) is 22.4 Å². The fourth-order valence-corrected chi connectivity index (χ4v) is 1.68. The van der Waals surface area contributed by atoms with Crippen molar-refractivity contribution in [2.45, 2.75) is 6.92 Å². The van der Waals surface area contributed by atoms with Gasteiger partial charge in [-0.05, 0) is 18.6 Å². The monoisotopic (exact) mass is 276 g/mol. The van der Waals surface area contributed by atoms with Gasteiger partial charge in [0.2, 0.25) is 5.78 Å². The number of halogens is 1. The number of hydrogen-bond donors (Lipinski definition) is 0. The molecule has 1 aromatic carbocycles. The van der Waals surface area contributed by atoms with Crippen molar-refractivity contribution in [3.8, 4) is 0 Å². The minimum Gasteiger partial charge on any atom is -0.287 e. The summed E-state index contributed by atoms with van der Waals surface area (Å²) in [5, 5.41) is 0. The lowest BCUT2D eigenvalue weighted by molar-refractivity contribution is 0.103. The zero-order valence-corrected chi connectivity index (χ0v) is 10.2. The van der Waals surface area contributed by atoms with Crippen molar-refractivity contribution >= 4 is 21.7 Å². The van der Waals surface area contributed by atoms with Gasteiger partial charge in [-0.2, -0.15) is 0 Å². The highest BCUT2D eigenvalue weighted by molar-refractivity contribution is 9.10. The lowest BCUT2D eigenvalue weighted by Crippen LogP contribution is -2.04. The first-order valence-corrected chi connectivity index (χ1v) is 5.54. The van der Waals surface area contributed by atoms with Gasteiger partial charge in [-0.25, -0.2) is 4.98 Å². The number of carbonyl (C=O) groups excluding carboxylic acids is 1. The standard InChI is InChI=1S/C12H9BrN2O/c1-8-2-3-9(6-10(8)13)12(16)11-7-14-4-5-15-11/h2-7H,1H3. The molecule has 0 aliphatic heterocycles. The molecule has 0 atom stereocenters. The normalized spacial score (nSPS) is 10.1. The van der Waals surface area contributed by atoms with Gasteiger partial charge in [-0.3, -0.25) is 9.78 Å². The molecule has 0 saturated heterocycles. The van der Waals surface area contributed by atoms with E-state index in [1.54, 1.807) is 18.3 Å². The van der Waals surface area contributed by atoms with Gasteiger partial charge in [-0.1, -0.05) is 28.1 Å². The van der Waals surface area contributed by atoms with Crippen LogP contribution in [0.5, 0.6) is 0 Å². The highest BCUT2D eigenvalue weighted by atomic mass is 79.9. The van der Waals surface area contributed by atoms with E-state index in [1.807, 2.05) is 13.0 Å². The van der Waals surface area contributed by atoms with Crippen molar-refractivity contribution in [2.75, 3.05) is 0 Å². The van der Waals surface area contributed by atoms with E-state index >= 15 is 0 Å². The first-order chi connectivity index (χ1) is 7.68. The molecular weight excluding hydrogens is 268 g/mol. The Morgan fingerprint density at radius 1 is 1.31 bits per heavy atom. The molecule has 0 unspecified atom stereocenters. The molecule has 2 rings (SSSR count). The number of hydrogen-bond acceptors (Lipinski definition) is 3. The van der Waals surface area contributed by atoms with Crippen LogP contribution >= 0.6 is 15.9 Å². The Morgan fingerprint density at radius 2 is 2.12 bits per heavy atom. The van der Waals surface area contributed by atoms with E-state index in [9.17, 15) is 4.79 Å². The van der Waals surface area contributed by atoms with E-state index in [0.29, 0.717) is 11.3 Å². The first kappa shape index (κ1) is 11.0. The number of carbonyl (C=O) groups is 1. The summed E-state index contributed by atoms with van der Waals surface area (Å²) in [6.45, 7) is 1.97. The minimum absolute atomic E-state index is 0.117. The molecule has 0 bridgehead atoms. The van der Waals surface area contributed by atoms with Gasteiger partial charge < -0.3 is 0 Å². The highest BCUT2D eigenvalue weighted by Crippen LogP contribution is 2.18. The van der Waals surface area contributed by atoms with Crippen molar-refractivity contribution in [1.82, 2.24) is 9.97 Å². The molecule has 1 heterocycles. The predicted octanol–water partition coefficient (Wildman–Crippen LogP) is 2.78. The number of aromatic nitrogens is 2. The molecule has 0 aliphatic rings. The molecule has 0 amide bonds. The topological polar surface area (TPSA) is 42.9 Å². The lowest BCUT2D eigenvalue weighted by Gasteiger charge is -2.02. The number of nitrogens with zero attached hydrogens (tertiary/aromatic N) is 2. The van der Waals surface area contributed by atoms with Crippen LogP contribution in [0.25, 0.3) is 0 Å². The van der Waals surface area contributed by atoms with Gasteiger partial charge in [-0.15, -0.1) is 0 Å². The van der Waals surface area contributed by atoms with Gasteiger partial charge in [0.25, 0.3) is 0 Å². The predicted molar refractivity (Wildman–Crippen MR) is 64.3 cm³/mol. The van der Waals surface area contributed by atoms with Gasteiger partial charge in [0.05, 0.1) is 6.20 Å². The lowest BCUT2D eigenvalue weighted by atomic mass is 10.1. The quantitative estimate of drug-likeness (QED) is 0.793. The largest absolute Gasteiger partial charge is 0.287 e. The molecule has 1 aromatic heterocycles. The SMILES string of the molecule is Cc1ccc(C(=O)c2cnccn2)cc1Br. The molecule has 0 saturated carbocycles. The van der Waals surface area contributed by atoms with Crippen LogP contribution in [0.4, 0.5) is 0 Å². The van der Waals surface area contributed by atoms with Crippen LogP contribution in [0.2, 0.25) is 0 Å². The fourth-order valence-electron chi connectivity index (χ4n) is 1.30. The number of rotatable bonds is 2. The Kier molecular flexibility index (Phi) is 3.10. The van der Waals surface area contributed by atoms with Crippen molar-refractivity contribution in [2.24, 2.45) is 0 Å². The Labute approximate surface area is 102 Å². The molecule has 16 heavy (non-hydrogen) atoms. The second-order valence-electron chi connectivity index (χ2n) is 3.38. The summed E-state index contributed by atoms with van der Waals surface area (Å²) in [7, 11) is 0. The van der Waals surface area contributed by atoms with Crippen LogP contribution in [0.3, 0.4) is 0 Å². The minimum atomic E-state index is -0.117. The highest BCUT2D eigenvalue weighted by Gasteiger charge is 2.11. The molecule has 4 heteroatoms. The van der Waals surface area contributed by atoms with Crippen LogP contribution in [-0.4, -0.2) is 15.8 Å². The molecular formula is C12H9BrN2O. The Bertz CT molecular complexity index is 526. The summed E-state index contributed by atoms with van der Waals surface area (Å²) in [4.78, 5) is 19.8. The Balaban J connectivity index is 2.39. The molecule has 0 aliphatic carbocycles. The molecule has 0 fully saturated rings. The molecule has 80 valence electrons. The number of ketones is 1. The average molecular weight is 277 g/mol. The molecule has 0 N–H and O–H groups in total. The molecule has 3 nitrogen and oxygen atoms in total. The first-order valence-electron chi connectivity index (χ1n) is 4.75. The average Bonchev–Trinajstić information content (AvgIpc) is 2.33. The van der Waals surface area contributed by atoms with Crippen LogP contribution < -0.4 is 0 Å². The third-order valence-corrected chi connectivity index (χ3v) is 3.08. The summed E-state index contributed by atoms with van der Waals surface area (Å²) >= 11 is 3.40. The maximum absolute atomic E-state index is 12.0. The maximum atomic E-state index is 12.0. The van der Waals surface area contributed by atoms with Crippen molar-refractivity contribution in [1.29, 1.82) is 0 Å². The van der Waals surface area contributed by atoms with E-state index in [0.717, 1.165) is 10.0 Å². The zero-order valence-electron chi connectivity index (χ0n) is 8.64. The summed E-state index contributed by atoms with van der Waals surface area (Å²) in [6, 6.07) is 5.48. The summed E-state index contributed by atoms with van der Waals surface area (Å²) in [5.41, 5.74) is 2.06. The zero-order chi connectivity index (χ0) is 11.5. The van der Waals surface area contributed by atoms with E-state index in [1.165, 1.54) is 12.4 Å². The van der Waals surface area contributed by atoms with Gasteiger partial charge in [0.15, 0.2) is 0 Å². The number of benzene rings is 1. The van der Waals surface area contributed by atoms with E-state index in [2.05, 4.69) is 25.9 Å². The van der Waals surface area contributed by atoms with Crippen molar-refractivity contribution in [3.63, 3.8) is 0 Å². The van der Waals surface area contributed by atoms with Crippen molar-refractivity contribution < 1.29 is 4.79 Å². The summed E-state index contributed by atoms with van der Waals surface area (Å²) in [5.74, 6) is -0.117. The third-order valence-electron chi connectivity index (χ3n) is 2.23. The molecule has 0 radical (unpaired) electrons. The Hall–Kier alpha value is -1.55. The number of aryl methyl sites for hydroxylation is 1. The van der Waals surface area contributed by atoms with Crippen LogP contribution in [0.15, 0.2) is 41.3 Å². The Morgan fingerprint density at radius 3 is 2.75 bits per heavy atom. The maximum Gasteiger partial charge on any atom is 0.212 e. The van der Waals surface area contributed by atoms with Crippen molar-refractivity contribution in [3.05, 3.63) is 58.1 Å². The molecule has 2 aromatic rings. The van der Waals surface area contributed by atoms with Gasteiger partial charge in [0.1, 0.15) is 5.69 Å². The fraction of sp³-hybridized carbons (Fsp3) is 0.0833. The van der Waals surface area contributed by atoms with Gasteiger partial charge >= 0.3 is 0 Å². The summed E-state index contributed by atoms with van der Waals surface area (Å²) < 4.78 is 0.919. The van der Waals surface area contributed by atoms with E-state index in [-0.39, 0.29) is 5.78 Å². The summed E-state index contributed by atoms with van der Waals surface area (Å²) in [6.07, 6.45) is 4.52. The molecule has 0 spiro atoms. The van der Waals surface area contributed by atoms with E-state index in [4.69, 9.17) is 0 Å². The second kappa shape index (κ2) is 4.53. The second-order valence-corrected chi connectivity index (χ2v) is 4.24. The smallest absolute Gasteiger partial charge is 0.212 e. The third kappa shape index (κ3) is 2.17. The van der Waals surface area contributed by atoms with E-state index < -0.39 is 0 Å². The van der Waals surface area contributed by atoms with Crippen LogP contribution in [0, 0.1) is 6.92 Å².